The molecule has 180 valence electrons. The minimum atomic E-state index is 0.0505. The quantitative estimate of drug-likeness (QED) is 0.485. The summed E-state index contributed by atoms with van der Waals surface area (Å²) in [6.45, 7) is 8.85. The maximum Gasteiger partial charge on any atom is 0.257 e. The van der Waals surface area contributed by atoms with E-state index in [2.05, 4.69) is 10.00 Å². The van der Waals surface area contributed by atoms with E-state index in [4.69, 9.17) is 21.1 Å². The molecular weight excluding hydrogens is 452 g/mol. The zero-order valence-corrected chi connectivity index (χ0v) is 20.7. The van der Waals surface area contributed by atoms with Crippen molar-refractivity contribution in [2.75, 3.05) is 46.4 Å². The molecule has 2 heterocycles. The number of amides is 1. The molecular formula is C26H31ClN4O3. The SMILES string of the molecule is COc1ccc(OCCN2CCN(C(=O)c3c(C)nn(Cc4ccccc4Cl)c3C)CC2)cc1. The standard InChI is InChI=1S/C26H31ClN4O3/c1-19-25(20(2)31(28-19)18-21-6-4-5-7-24(21)27)26(32)30-14-12-29(13-15-30)16-17-34-23-10-8-22(33-3)9-11-23/h4-11H,12-18H2,1-3H3. The summed E-state index contributed by atoms with van der Waals surface area (Å²) in [4.78, 5) is 17.6. The summed E-state index contributed by atoms with van der Waals surface area (Å²) < 4.78 is 12.9. The van der Waals surface area contributed by atoms with Gasteiger partial charge in [-0.15, -0.1) is 0 Å². The van der Waals surface area contributed by atoms with Crippen LogP contribution in [0.5, 0.6) is 11.5 Å². The highest BCUT2D eigenvalue weighted by Crippen LogP contribution is 2.21. The lowest BCUT2D eigenvalue weighted by Crippen LogP contribution is -2.49. The van der Waals surface area contributed by atoms with Crippen LogP contribution in [0.2, 0.25) is 5.02 Å². The summed E-state index contributed by atoms with van der Waals surface area (Å²) in [6, 6.07) is 15.3. The van der Waals surface area contributed by atoms with Crippen molar-refractivity contribution in [2.24, 2.45) is 0 Å². The van der Waals surface area contributed by atoms with Crippen molar-refractivity contribution in [1.29, 1.82) is 0 Å². The first-order chi connectivity index (χ1) is 16.5. The van der Waals surface area contributed by atoms with Crippen LogP contribution in [0.15, 0.2) is 48.5 Å². The first-order valence-corrected chi connectivity index (χ1v) is 11.9. The van der Waals surface area contributed by atoms with Gasteiger partial charge in [-0.05, 0) is 49.7 Å². The van der Waals surface area contributed by atoms with Gasteiger partial charge in [0, 0.05) is 43.4 Å². The lowest BCUT2D eigenvalue weighted by molar-refractivity contribution is 0.0618. The van der Waals surface area contributed by atoms with Gasteiger partial charge in [-0.3, -0.25) is 14.4 Å². The Morgan fingerprint density at radius 1 is 1.00 bits per heavy atom. The molecule has 1 aliphatic heterocycles. The number of benzene rings is 2. The molecule has 7 nitrogen and oxygen atoms in total. The average Bonchev–Trinajstić information content (AvgIpc) is 3.13. The van der Waals surface area contributed by atoms with Crippen LogP contribution < -0.4 is 9.47 Å². The predicted octanol–water partition coefficient (Wildman–Crippen LogP) is 4.05. The molecule has 0 unspecified atom stereocenters. The second-order valence-electron chi connectivity index (χ2n) is 8.45. The van der Waals surface area contributed by atoms with Crippen LogP contribution in [0.1, 0.15) is 27.3 Å². The number of piperazine rings is 1. The lowest BCUT2D eigenvalue weighted by Gasteiger charge is -2.34. The molecule has 2 aromatic carbocycles. The van der Waals surface area contributed by atoms with Gasteiger partial charge >= 0.3 is 0 Å². The maximum atomic E-state index is 13.3. The highest BCUT2D eigenvalue weighted by atomic mass is 35.5. The van der Waals surface area contributed by atoms with E-state index in [0.29, 0.717) is 36.8 Å². The number of hydrogen-bond donors (Lipinski definition) is 0. The smallest absolute Gasteiger partial charge is 0.257 e. The van der Waals surface area contributed by atoms with Gasteiger partial charge in [-0.2, -0.15) is 5.10 Å². The Hall–Kier alpha value is -3.03. The van der Waals surface area contributed by atoms with Gasteiger partial charge in [0.15, 0.2) is 0 Å². The van der Waals surface area contributed by atoms with E-state index >= 15 is 0 Å². The molecule has 0 atom stereocenters. The van der Waals surface area contributed by atoms with E-state index in [1.165, 1.54) is 0 Å². The summed E-state index contributed by atoms with van der Waals surface area (Å²) >= 11 is 6.32. The molecule has 1 aliphatic rings. The van der Waals surface area contributed by atoms with Gasteiger partial charge in [0.2, 0.25) is 0 Å². The molecule has 3 aromatic rings. The van der Waals surface area contributed by atoms with Crippen molar-refractivity contribution in [3.8, 4) is 11.5 Å². The van der Waals surface area contributed by atoms with Crippen LogP contribution in [-0.4, -0.2) is 71.9 Å². The molecule has 1 saturated heterocycles. The fourth-order valence-corrected chi connectivity index (χ4v) is 4.44. The van der Waals surface area contributed by atoms with E-state index in [1.807, 2.05) is 72.0 Å². The molecule has 8 heteroatoms. The lowest BCUT2D eigenvalue weighted by atomic mass is 10.1. The van der Waals surface area contributed by atoms with Crippen LogP contribution >= 0.6 is 11.6 Å². The monoisotopic (exact) mass is 482 g/mol. The van der Waals surface area contributed by atoms with Gasteiger partial charge in [0.05, 0.1) is 24.9 Å². The van der Waals surface area contributed by atoms with Gasteiger partial charge in [-0.25, -0.2) is 0 Å². The van der Waals surface area contributed by atoms with E-state index < -0.39 is 0 Å². The number of halogens is 1. The topological polar surface area (TPSA) is 59.8 Å². The van der Waals surface area contributed by atoms with Gasteiger partial charge in [-0.1, -0.05) is 29.8 Å². The van der Waals surface area contributed by atoms with Crippen LogP contribution in [0.4, 0.5) is 0 Å². The number of nitrogens with zero attached hydrogens (tertiary/aromatic N) is 4. The maximum absolute atomic E-state index is 13.3. The van der Waals surface area contributed by atoms with Crippen molar-refractivity contribution in [2.45, 2.75) is 20.4 Å². The number of ether oxygens (including phenoxy) is 2. The van der Waals surface area contributed by atoms with Crippen LogP contribution in [0.25, 0.3) is 0 Å². The molecule has 0 N–H and O–H groups in total. The normalized spacial score (nSPS) is 14.3. The zero-order chi connectivity index (χ0) is 24.1. The molecule has 1 aromatic heterocycles. The Morgan fingerprint density at radius 2 is 1.68 bits per heavy atom. The molecule has 0 radical (unpaired) electrons. The van der Waals surface area contributed by atoms with Crippen LogP contribution in [-0.2, 0) is 6.54 Å². The second kappa shape index (κ2) is 10.9. The summed E-state index contributed by atoms with van der Waals surface area (Å²) in [5.74, 6) is 1.69. The molecule has 0 saturated carbocycles. The molecule has 34 heavy (non-hydrogen) atoms. The number of methoxy groups -OCH3 is 1. The molecule has 4 rings (SSSR count). The molecule has 0 spiro atoms. The second-order valence-corrected chi connectivity index (χ2v) is 8.86. The number of carbonyl (C=O) groups is 1. The summed E-state index contributed by atoms with van der Waals surface area (Å²) in [6.07, 6.45) is 0. The van der Waals surface area contributed by atoms with Gasteiger partial charge in [0.1, 0.15) is 18.1 Å². The van der Waals surface area contributed by atoms with Crippen molar-refractivity contribution in [1.82, 2.24) is 19.6 Å². The molecule has 1 amide bonds. The number of aromatic nitrogens is 2. The Labute approximate surface area is 205 Å². The Morgan fingerprint density at radius 3 is 2.35 bits per heavy atom. The van der Waals surface area contributed by atoms with E-state index in [9.17, 15) is 4.79 Å². The Bertz CT molecular complexity index is 1120. The van der Waals surface area contributed by atoms with Crippen molar-refractivity contribution < 1.29 is 14.3 Å². The number of carbonyl (C=O) groups excluding carboxylic acids is 1. The summed E-state index contributed by atoms with van der Waals surface area (Å²) in [5, 5.41) is 5.34. The molecule has 0 aliphatic carbocycles. The third-order valence-electron chi connectivity index (χ3n) is 6.27. The molecule has 0 bridgehead atoms. The van der Waals surface area contributed by atoms with E-state index in [1.54, 1.807) is 7.11 Å². The van der Waals surface area contributed by atoms with Crippen molar-refractivity contribution in [3.05, 3.63) is 76.1 Å². The fourth-order valence-electron chi connectivity index (χ4n) is 4.25. The largest absolute Gasteiger partial charge is 0.497 e. The number of rotatable bonds is 8. The third-order valence-corrected chi connectivity index (χ3v) is 6.64. The fraction of sp³-hybridized carbons (Fsp3) is 0.385. The van der Waals surface area contributed by atoms with Gasteiger partial charge in [0.25, 0.3) is 5.91 Å². The van der Waals surface area contributed by atoms with Crippen LogP contribution in [0, 0.1) is 13.8 Å². The number of aryl methyl sites for hydroxylation is 1. The minimum Gasteiger partial charge on any atom is -0.497 e. The summed E-state index contributed by atoms with van der Waals surface area (Å²) in [5.41, 5.74) is 3.31. The third kappa shape index (κ3) is 5.54. The summed E-state index contributed by atoms with van der Waals surface area (Å²) in [7, 11) is 1.65. The first-order valence-electron chi connectivity index (χ1n) is 11.5. The zero-order valence-electron chi connectivity index (χ0n) is 20.0. The van der Waals surface area contributed by atoms with Crippen molar-refractivity contribution >= 4 is 17.5 Å². The Balaban J connectivity index is 1.30. The van der Waals surface area contributed by atoms with E-state index in [0.717, 1.165) is 48.1 Å². The predicted molar refractivity (Wildman–Crippen MR) is 133 cm³/mol. The minimum absolute atomic E-state index is 0.0505. The highest BCUT2D eigenvalue weighted by molar-refractivity contribution is 6.31. The average molecular weight is 483 g/mol. The van der Waals surface area contributed by atoms with Gasteiger partial charge < -0.3 is 14.4 Å². The highest BCUT2D eigenvalue weighted by Gasteiger charge is 2.27. The van der Waals surface area contributed by atoms with E-state index in [-0.39, 0.29) is 5.91 Å². The van der Waals surface area contributed by atoms with Crippen molar-refractivity contribution in [3.63, 3.8) is 0 Å². The van der Waals surface area contributed by atoms with Crippen LogP contribution in [0.3, 0.4) is 0 Å². The molecule has 1 fully saturated rings. The number of hydrogen-bond acceptors (Lipinski definition) is 5. The first kappa shape index (κ1) is 24.1. The Kier molecular flexibility index (Phi) is 7.75.